The number of alkyl halides is 12. The van der Waals surface area contributed by atoms with E-state index >= 15 is 0 Å². The Labute approximate surface area is 157 Å². The van der Waals surface area contributed by atoms with Gasteiger partial charge in [0, 0.05) is 13.0 Å². The predicted octanol–water partition coefficient (Wildman–Crippen LogP) is 3.40. The molecule has 0 bridgehead atoms. The zero-order valence-electron chi connectivity index (χ0n) is 14.9. The Morgan fingerprint density at radius 1 is 0.793 bits per heavy atom. The molecule has 0 amide bonds. The van der Waals surface area contributed by atoms with E-state index in [1.165, 1.54) is 0 Å². The lowest BCUT2D eigenvalue weighted by Gasteiger charge is -2.38. The summed E-state index contributed by atoms with van der Waals surface area (Å²) in [5.41, 5.74) is 0. The summed E-state index contributed by atoms with van der Waals surface area (Å²) in [6.07, 6.45) is -5.96. The van der Waals surface area contributed by atoms with Crippen molar-refractivity contribution in [2.45, 2.75) is 41.8 Å². The van der Waals surface area contributed by atoms with E-state index in [1.807, 2.05) is 0 Å². The maximum absolute atomic E-state index is 13.6. The second kappa shape index (κ2) is 7.94. The summed E-state index contributed by atoms with van der Waals surface area (Å²) in [6.45, 7) is -0.974. The first-order valence-electron chi connectivity index (χ1n) is 7.37. The lowest BCUT2D eigenvalue weighted by molar-refractivity contribution is -0.870. The molecule has 0 heterocycles. The number of hydrogen-bond donors (Lipinski definition) is 1. The van der Waals surface area contributed by atoms with Crippen LogP contribution < -0.4 is 4.72 Å². The summed E-state index contributed by atoms with van der Waals surface area (Å²) in [7, 11) is -2.20. The number of nitrogens with zero attached hydrogens (tertiary/aromatic N) is 1. The number of rotatable bonds is 11. The van der Waals surface area contributed by atoms with Crippen LogP contribution in [-0.4, -0.2) is 82.5 Å². The zero-order chi connectivity index (χ0) is 23.9. The maximum Gasteiger partial charge on any atom is 0.427 e. The van der Waals surface area contributed by atoms with Crippen molar-refractivity contribution in [2.75, 3.05) is 34.2 Å². The third kappa shape index (κ3) is 4.86. The summed E-state index contributed by atoms with van der Waals surface area (Å²) in [6, 6.07) is 0. The monoisotopic (exact) mass is 481 g/mol. The molecule has 0 aromatic carbocycles. The Bertz CT molecular complexity index is 673. The van der Waals surface area contributed by atoms with Crippen molar-refractivity contribution in [2.24, 2.45) is 0 Å². The van der Waals surface area contributed by atoms with E-state index in [2.05, 4.69) is 0 Å². The Morgan fingerprint density at radius 2 is 1.21 bits per heavy atom. The van der Waals surface area contributed by atoms with E-state index < -0.39 is 51.9 Å². The van der Waals surface area contributed by atoms with E-state index in [-0.39, 0.29) is 17.4 Å². The number of halogens is 12. The average Bonchev–Trinajstić information content (AvgIpc) is 2.49. The minimum atomic E-state index is -7.89. The quantitative estimate of drug-likeness (QED) is 0.280. The van der Waals surface area contributed by atoms with Gasteiger partial charge >= 0.3 is 35.4 Å². The summed E-state index contributed by atoms with van der Waals surface area (Å²) in [4.78, 5) is 0. The van der Waals surface area contributed by atoms with Gasteiger partial charge in [-0.25, -0.2) is 21.9 Å². The smallest absolute Gasteiger partial charge is 0.331 e. The molecule has 0 aliphatic carbocycles. The highest BCUT2D eigenvalue weighted by Gasteiger charge is 2.90. The topological polar surface area (TPSA) is 46.2 Å². The molecule has 0 radical (unpaired) electrons. The fourth-order valence-corrected chi connectivity index (χ4v) is 2.81. The number of quaternary nitrogens is 1. The van der Waals surface area contributed by atoms with Crippen molar-refractivity contribution < 1.29 is 65.6 Å². The first-order chi connectivity index (χ1) is 12.4. The lowest BCUT2D eigenvalue weighted by atomic mass is 9.99. The molecule has 29 heavy (non-hydrogen) atoms. The first-order valence-corrected chi connectivity index (χ1v) is 8.85. The summed E-state index contributed by atoms with van der Waals surface area (Å²) < 4.78 is 180. The molecule has 0 rings (SSSR count). The van der Waals surface area contributed by atoms with Crippen LogP contribution in [0.2, 0.25) is 0 Å². The van der Waals surface area contributed by atoms with Gasteiger partial charge in [-0.2, -0.15) is 43.9 Å². The second-order valence-corrected chi connectivity index (χ2v) is 8.74. The Morgan fingerprint density at radius 3 is 1.55 bits per heavy atom. The molecule has 4 nitrogen and oxygen atoms in total. The van der Waals surface area contributed by atoms with Crippen molar-refractivity contribution in [1.29, 1.82) is 0 Å². The van der Waals surface area contributed by atoms with Crippen molar-refractivity contribution in [3.05, 3.63) is 0 Å². The summed E-state index contributed by atoms with van der Waals surface area (Å²) in [5, 5.41) is -7.07. The van der Waals surface area contributed by atoms with E-state index in [0.717, 1.165) is 4.72 Å². The molecule has 0 aromatic rings. The van der Waals surface area contributed by atoms with Gasteiger partial charge in [-0.05, 0) is 0 Å². The molecule has 0 saturated carbocycles. The van der Waals surface area contributed by atoms with Gasteiger partial charge in [-0.15, -0.1) is 0 Å². The molecule has 0 saturated heterocycles. The highest BCUT2D eigenvalue weighted by atomic mass is 32.2. The molecule has 0 aliphatic rings. The first kappa shape index (κ1) is 28.0. The largest absolute Gasteiger partial charge is 0.427 e. The van der Waals surface area contributed by atoms with Crippen LogP contribution in [0.25, 0.3) is 0 Å². The summed E-state index contributed by atoms with van der Waals surface area (Å²) >= 11 is 0. The Hall–Kier alpha value is -0.970. The highest BCUT2D eigenvalue weighted by molar-refractivity contribution is 7.90. The molecule has 0 aromatic heterocycles. The fourth-order valence-electron chi connectivity index (χ4n) is 1.75. The van der Waals surface area contributed by atoms with Gasteiger partial charge in [0.05, 0.1) is 27.7 Å². The molecule has 0 unspecified atom stereocenters. The molecule has 0 aliphatic heterocycles. The van der Waals surface area contributed by atoms with Gasteiger partial charge in [0.2, 0.25) is 0 Å². The molecular weight excluding hydrogens is 464 g/mol. The van der Waals surface area contributed by atoms with Gasteiger partial charge in [-0.1, -0.05) is 0 Å². The molecule has 176 valence electrons. The van der Waals surface area contributed by atoms with Crippen LogP contribution in [0.1, 0.15) is 6.42 Å². The van der Waals surface area contributed by atoms with Crippen molar-refractivity contribution >= 4 is 10.0 Å². The van der Waals surface area contributed by atoms with Crippen LogP contribution in [0.3, 0.4) is 0 Å². The minimum Gasteiger partial charge on any atom is -0.331 e. The fraction of sp³-hybridized carbons (Fsp3) is 1.00. The van der Waals surface area contributed by atoms with E-state index in [1.54, 1.807) is 21.1 Å². The Kier molecular flexibility index (Phi) is 7.67. The van der Waals surface area contributed by atoms with E-state index in [9.17, 15) is 61.1 Å². The van der Waals surface area contributed by atoms with Crippen LogP contribution in [0.4, 0.5) is 52.7 Å². The maximum atomic E-state index is 13.6. The van der Waals surface area contributed by atoms with Gasteiger partial charge in [0.1, 0.15) is 0 Å². The number of hydrogen-bond acceptors (Lipinski definition) is 2. The normalized spacial score (nSPS) is 15.9. The van der Waals surface area contributed by atoms with Crippen LogP contribution in [0.5, 0.6) is 0 Å². The van der Waals surface area contributed by atoms with Crippen LogP contribution in [-0.2, 0) is 10.0 Å². The predicted molar refractivity (Wildman–Crippen MR) is 75.2 cm³/mol. The van der Waals surface area contributed by atoms with Gasteiger partial charge in [0.15, 0.2) is 0 Å². The van der Waals surface area contributed by atoms with Crippen LogP contribution in [0.15, 0.2) is 0 Å². The van der Waals surface area contributed by atoms with Gasteiger partial charge < -0.3 is 4.48 Å². The van der Waals surface area contributed by atoms with Crippen molar-refractivity contribution in [1.82, 2.24) is 4.72 Å². The van der Waals surface area contributed by atoms with Crippen molar-refractivity contribution in [3.63, 3.8) is 0 Å². The van der Waals surface area contributed by atoms with Crippen LogP contribution >= 0.6 is 0 Å². The van der Waals surface area contributed by atoms with E-state index in [4.69, 9.17) is 0 Å². The van der Waals surface area contributed by atoms with Gasteiger partial charge in [-0.3, -0.25) is 0 Å². The number of nitrogens with one attached hydrogen (secondary N) is 1. The third-order valence-corrected chi connectivity index (χ3v) is 5.00. The van der Waals surface area contributed by atoms with E-state index in [0.29, 0.717) is 0 Å². The summed E-state index contributed by atoms with van der Waals surface area (Å²) in [5.74, 6) is -30.5. The molecule has 1 N–H and O–H groups in total. The molecule has 0 atom stereocenters. The van der Waals surface area contributed by atoms with Gasteiger partial charge in [0.25, 0.3) is 10.0 Å². The number of sulfonamides is 1. The molecule has 0 spiro atoms. The van der Waals surface area contributed by atoms with Crippen molar-refractivity contribution in [3.8, 4) is 0 Å². The standard InChI is InChI=1S/C12H17F12N2O2S/c1-26(2,3)6-4-5-25-29(27,28)12(23,24)11(21,22)10(19,20)9(17,18)8(15,16)7(13)14/h7,25H,4-6H2,1-3H3/q+1. The third-order valence-electron chi connectivity index (χ3n) is 3.48. The molecular formula is C12H17F12N2O2S+. The SMILES string of the molecule is C[N+](C)(C)CCCNS(=O)(=O)C(F)(F)C(F)(F)C(F)(F)C(F)(F)C(F)(F)C(F)F. The highest BCUT2D eigenvalue weighted by Crippen LogP contribution is 2.58. The lowest BCUT2D eigenvalue weighted by Crippen LogP contribution is -2.70. The molecule has 17 heteroatoms. The zero-order valence-corrected chi connectivity index (χ0v) is 15.7. The average molecular weight is 481 g/mol. The van der Waals surface area contributed by atoms with Crippen LogP contribution in [0, 0.1) is 0 Å². The minimum absolute atomic E-state index is 0.0549. The molecule has 0 fully saturated rings. The Balaban J connectivity index is 5.94. The second-order valence-electron chi connectivity index (χ2n) is 6.93.